The van der Waals surface area contributed by atoms with Crippen molar-refractivity contribution in [2.75, 3.05) is 19.7 Å². The fraction of sp³-hybridized carbons (Fsp3) is 0.714. The average Bonchev–Trinajstić information content (AvgIpc) is 2.47. The molecule has 1 aromatic carbocycles. The minimum absolute atomic E-state index is 0.315. The highest BCUT2D eigenvalue weighted by Gasteiger charge is 2.51. The van der Waals surface area contributed by atoms with Gasteiger partial charge in [-0.2, -0.15) is 0 Å². The third-order valence-electron chi connectivity index (χ3n) is 6.80. The Bertz CT molecular complexity index is 613. The van der Waals surface area contributed by atoms with Crippen molar-refractivity contribution in [3.63, 3.8) is 0 Å². The van der Waals surface area contributed by atoms with Crippen molar-refractivity contribution >= 4 is 0 Å². The molecule has 0 amide bonds. The maximum absolute atomic E-state index is 6.63. The van der Waals surface area contributed by atoms with E-state index in [9.17, 15) is 0 Å². The van der Waals surface area contributed by atoms with E-state index < -0.39 is 0 Å². The van der Waals surface area contributed by atoms with E-state index in [1.807, 2.05) is 0 Å². The van der Waals surface area contributed by atoms with Crippen molar-refractivity contribution in [1.29, 1.82) is 0 Å². The summed E-state index contributed by atoms with van der Waals surface area (Å²) in [6.45, 7) is 12.7. The lowest BCUT2D eigenvalue weighted by Gasteiger charge is -2.54. The van der Waals surface area contributed by atoms with Crippen LogP contribution in [-0.2, 0) is 11.2 Å². The number of fused-ring (bicyclic) bond motifs is 3. The molecule has 1 aliphatic carbocycles. The normalized spacial score (nSPS) is 31.5. The molecular weight excluding hydrogens is 282 g/mol. The second kappa shape index (κ2) is 5.32. The summed E-state index contributed by atoms with van der Waals surface area (Å²) in [5.74, 6) is 0.656. The summed E-state index contributed by atoms with van der Waals surface area (Å²) in [5, 5.41) is 3.52. The zero-order valence-corrected chi connectivity index (χ0v) is 15.2. The highest BCUT2D eigenvalue weighted by Crippen LogP contribution is 2.57. The zero-order valence-electron chi connectivity index (χ0n) is 15.2. The number of hydrogen-bond donors (Lipinski definition) is 1. The van der Waals surface area contributed by atoms with E-state index in [1.54, 1.807) is 0 Å². The van der Waals surface area contributed by atoms with Crippen molar-refractivity contribution in [2.45, 2.75) is 59.5 Å². The summed E-state index contributed by atoms with van der Waals surface area (Å²) < 4.78 is 6.63. The van der Waals surface area contributed by atoms with E-state index >= 15 is 0 Å². The lowest BCUT2D eigenvalue weighted by molar-refractivity contribution is -0.147. The number of nitrogens with one attached hydrogen (secondary N) is 1. The maximum Gasteiger partial charge on any atom is 0.0863 e. The van der Waals surface area contributed by atoms with Gasteiger partial charge in [-0.05, 0) is 86.1 Å². The van der Waals surface area contributed by atoms with E-state index in [0.29, 0.717) is 22.9 Å². The summed E-state index contributed by atoms with van der Waals surface area (Å²) in [4.78, 5) is 0. The molecule has 2 saturated heterocycles. The smallest absolute Gasteiger partial charge is 0.0863 e. The van der Waals surface area contributed by atoms with Gasteiger partial charge in [-0.25, -0.2) is 0 Å². The molecule has 1 N–H and O–H groups in total. The number of piperidine rings is 1. The molecule has 0 aromatic heterocycles. The molecule has 2 heteroatoms. The van der Waals surface area contributed by atoms with Gasteiger partial charge in [-0.1, -0.05) is 31.5 Å². The van der Waals surface area contributed by atoms with Gasteiger partial charge < -0.3 is 10.1 Å². The maximum atomic E-state index is 6.63. The van der Waals surface area contributed by atoms with Crippen LogP contribution in [-0.4, -0.2) is 19.7 Å². The first-order chi connectivity index (χ1) is 10.9. The van der Waals surface area contributed by atoms with Crippen molar-refractivity contribution in [1.82, 2.24) is 5.32 Å². The second-order valence-corrected chi connectivity index (χ2v) is 9.11. The molecule has 23 heavy (non-hydrogen) atoms. The van der Waals surface area contributed by atoms with Gasteiger partial charge in [0.1, 0.15) is 0 Å². The van der Waals surface area contributed by atoms with E-state index in [1.165, 1.54) is 47.9 Å². The number of benzene rings is 1. The Morgan fingerprint density at radius 2 is 1.87 bits per heavy atom. The van der Waals surface area contributed by atoms with Crippen LogP contribution in [0.4, 0.5) is 0 Å². The van der Waals surface area contributed by atoms with Crippen LogP contribution in [0.5, 0.6) is 0 Å². The molecular formula is C21H31NO. The fourth-order valence-electron chi connectivity index (χ4n) is 5.53. The minimum Gasteiger partial charge on any atom is -0.373 e. The molecule has 0 radical (unpaired) electrons. The zero-order chi connectivity index (χ0) is 16.2. The first-order valence-corrected chi connectivity index (χ1v) is 9.33. The van der Waals surface area contributed by atoms with Crippen LogP contribution in [0.3, 0.4) is 0 Å². The quantitative estimate of drug-likeness (QED) is 0.769. The van der Waals surface area contributed by atoms with Crippen LogP contribution in [0.2, 0.25) is 0 Å². The molecule has 2 heterocycles. The average molecular weight is 313 g/mol. The lowest BCUT2D eigenvalue weighted by Crippen LogP contribution is -2.50. The number of ether oxygens (including phenoxy) is 1. The number of hydrogen-bond acceptors (Lipinski definition) is 2. The van der Waals surface area contributed by atoms with Crippen molar-refractivity contribution in [3.8, 4) is 0 Å². The summed E-state index contributed by atoms with van der Waals surface area (Å²) in [6.07, 6.45) is 5.43. The van der Waals surface area contributed by atoms with Gasteiger partial charge in [0.25, 0.3) is 0 Å². The van der Waals surface area contributed by atoms with Crippen LogP contribution >= 0.6 is 0 Å². The molecule has 0 saturated carbocycles. The molecule has 2 atom stereocenters. The van der Waals surface area contributed by atoms with E-state index in [-0.39, 0.29) is 0 Å². The Balaban J connectivity index is 1.73. The molecule has 2 aliphatic heterocycles. The van der Waals surface area contributed by atoms with Crippen molar-refractivity contribution in [2.24, 2.45) is 16.7 Å². The molecule has 3 aliphatic rings. The minimum atomic E-state index is 0.315. The van der Waals surface area contributed by atoms with E-state index in [0.717, 1.165) is 19.7 Å². The number of aryl methyl sites for hydroxylation is 2. The monoisotopic (exact) mass is 313 g/mol. The number of rotatable bonds is 0. The topological polar surface area (TPSA) is 21.3 Å². The van der Waals surface area contributed by atoms with Gasteiger partial charge in [0, 0.05) is 0 Å². The van der Waals surface area contributed by atoms with E-state index in [2.05, 4.69) is 45.1 Å². The standard InChI is InChI=1S/C21H31NO/c1-14-9-15(2)18-16(10-14)11-20(3,4)17-12-21(13-23-19(17)18)5-7-22-8-6-21/h9-10,17,19,22H,5-8,11-13H2,1-4H3/t17-,19-/m1/s1. The van der Waals surface area contributed by atoms with Gasteiger partial charge >= 0.3 is 0 Å². The summed E-state index contributed by atoms with van der Waals surface area (Å²) >= 11 is 0. The Morgan fingerprint density at radius 3 is 2.61 bits per heavy atom. The first kappa shape index (κ1) is 15.7. The molecule has 126 valence electrons. The largest absolute Gasteiger partial charge is 0.373 e. The van der Waals surface area contributed by atoms with Gasteiger partial charge in [-0.3, -0.25) is 0 Å². The molecule has 1 aromatic rings. The molecule has 2 nitrogen and oxygen atoms in total. The van der Waals surface area contributed by atoms with Crippen molar-refractivity contribution in [3.05, 3.63) is 34.4 Å². The highest BCUT2D eigenvalue weighted by molar-refractivity contribution is 5.43. The second-order valence-electron chi connectivity index (χ2n) is 9.11. The summed E-state index contributed by atoms with van der Waals surface area (Å²) in [7, 11) is 0. The first-order valence-electron chi connectivity index (χ1n) is 9.33. The molecule has 0 unspecified atom stereocenters. The predicted octanol–water partition coefficient (Wildman–Crippen LogP) is 4.33. The Kier molecular flexibility index (Phi) is 3.62. The van der Waals surface area contributed by atoms with Crippen molar-refractivity contribution < 1.29 is 4.74 Å². The SMILES string of the molecule is Cc1cc(C)c2c(c1)CC(C)(C)[C@@H]1CC3(CCNCC3)CO[C@@H]21. The Morgan fingerprint density at radius 1 is 1.13 bits per heavy atom. The third kappa shape index (κ3) is 2.55. The Hall–Kier alpha value is -0.860. The Labute approximate surface area is 141 Å². The summed E-state index contributed by atoms with van der Waals surface area (Å²) in [5.41, 5.74) is 6.64. The molecule has 4 rings (SSSR count). The lowest BCUT2D eigenvalue weighted by atomic mass is 9.57. The highest BCUT2D eigenvalue weighted by atomic mass is 16.5. The van der Waals surface area contributed by atoms with Gasteiger partial charge in [0.15, 0.2) is 0 Å². The van der Waals surface area contributed by atoms with E-state index in [4.69, 9.17) is 4.74 Å². The summed E-state index contributed by atoms with van der Waals surface area (Å²) in [6, 6.07) is 4.74. The fourth-order valence-corrected chi connectivity index (χ4v) is 5.53. The van der Waals surface area contributed by atoms with Gasteiger partial charge in [0.05, 0.1) is 12.7 Å². The van der Waals surface area contributed by atoms with Crippen LogP contribution in [0.15, 0.2) is 12.1 Å². The molecule has 0 bridgehead atoms. The predicted molar refractivity (Wildman–Crippen MR) is 94.7 cm³/mol. The van der Waals surface area contributed by atoms with Crippen LogP contribution in [0, 0.1) is 30.6 Å². The molecule has 1 spiro atoms. The third-order valence-corrected chi connectivity index (χ3v) is 6.80. The van der Waals surface area contributed by atoms with Crippen LogP contribution in [0.25, 0.3) is 0 Å². The van der Waals surface area contributed by atoms with Gasteiger partial charge in [0.2, 0.25) is 0 Å². The molecule has 2 fully saturated rings. The van der Waals surface area contributed by atoms with Crippen LogP contribution < -0.4 is 5.32 Å². The van der Waals surface area contributed by atoms with Crippen LogP contribution in [0.1, 0.15) is 61.5 Å². The van der Waals surface area contributed by atoms with Gasteiger partial charge in [-0.15, -0.1) is 0 Å².